The standard InChI is InChI=1S/C17H26N2O6/c1-7-24-17(22)18-14(10(2)3)15(20)19(5)9-12-8-13(11(4)25-12)16(21)23-6/h8,10,14H,7,9H2,1-6H3,(H,18,22). The number of aryl methyl sites for hydroxylation is 1. The molecule has 0 radical (unpaired) electrons. The monoisotopic (exact) mass is 354 g/mol. The fraction of sp³-hybridized carbons (Fsp3) is 0.588. The molecule has 1 atom stereocenters. The summed E-state index contributed by atoms with van der Waals surface area (Å²) in [6.07, 6.45) is -0.634. The lowest BCUT2D eigenvalue weighted by atomic mass is 10.0. The van der Waals surface area contributed by atoms with E-state index in [2.05, 4.69) is 10.1 Å². The quantitative estimate of drug-likeness (QED) is 0.753. The van der Waals surface area contributed by atoms with E-state index in [1.807, 2.05) is 13.8 Å². The highest BCUT2D eigenvalue weighted by Gasteiger charge is 2.28. The van der Waals surface area contributed by atoms with Crippen molar-refractivity contribution in [3.8, 4) is 0 Å². The molecule has 0 aliphatic carbocycles. The van der Waals surface area contributed by atoms with Crippen molar-refractivity contribution in [1.82, 2.24) is 10.2 Å². The van der Waals surface area contributed by atoms with Crippen LogP contribution in [0.3, 0.4) is 0 Å². The number of likely N-dealkylation sites (N-methyl/N-ethyl adjacent to an activating group) is 1. The van der Waals surface area contributed by atoms with Gasteiger partial charge in [-0.2, -0.15) is 0 Å². The van der Waals surface area contributed by atoms with E-state index in [4.69, 9.17) is 9.15 Å². The number of esters is 1. The van der Waals surface area contributed by atoms with Crippen molar-refractivity contribution in [3.63, 3.8) is 0 Å². The summed E-state index contributed by atoms with van der Waals surface area (Å²) < 4.78 is 15.0. The fourth-order valence-electron chi connectivity index (χ4n) is 2.30. The van der Waals surface area contributed by atoms with Crippen LogP contribution >= 0.6 is 0 Å². The minimum absolute atomic E-state index is 0.122. The number of carbonyl (C=O) groups is 3. The lowest BCUT2D eigenvalue weighted by Gasteiger charge is -2.26. The van der Waals surface area contributed by atoms with E-state index in [9.17, 15) is 14.4 Å². The molecule has 0 aliphatic rings. The molecule has 1 rings (SSSR count). The predicted octanol–water partition coefficient (Wildman–Crippen LogP) is 2.10. The van der Waals surface area contributed by atoms with Crippen molar-refractivity contribution in [2.75, 3.05) is 20.8 Å². The van der Waals surface area contributed by atoms with Crippen LogP contribution in [0.15, 0.2) is 10.5 Å². The molecule has 8 nitrogen and oxygen atoms in total. The molecule has 0 bridgehead atoms. The molecule has 25 heavy (non-hydrogen) atoms. The SMILES string of the molecule is CCOC(=O)NC(C(=O)N(C)Cc1cc(C(=O)OC)c(C)o1)C(C)C. The summed E-state index contributed by atoms with van der Waals surface area (Å²) in [5.41, 5.74) is 0.323. The molecule has 1 aromatic rings. The number of alkyl carbamates (subject to hydrolysis) is 1. The summed E-state index contributed by atoms with van der Waals surface area (Å²) in [5, 5.41) is 2.57. The first-order valence-electron chi connectivity index (χ1n) is 8.07. The summed E-state index contributed by atoms with van der Waals surface area (Å²) in [5.74, 6) is -0.0225. The van der Waals surface area contributed by atoms with Gasteiger partial charge in [-0.25, -0.2) is 9.59 Å². The number of ether oxygens (including phenoxy) is 2. The Hall–Kier alpha value is -2.51. The maximum absolute atomic E-state index is 12.6. The molecule has 0 aromatic carbocycles. The Morgan fingerprint density at radius 1 is 1.32 bits per heavy atom. The van der Waals surface area contributed by atoms with Gasteiger partial charge in [0.25, 0.3) is 0 Å². The van der Waals surface area contributed by atoms with Gasteiger partial charge in [0.05, 0.1) is 20.3 Å². The van der Waals surface area contributed by atoms with Gasteiger partial charge >= 0.3 is 12.1 Å². The van der Waals surface area contributed by atoms with E-state index in [1.165, 1.54) is 12.0 Å². The van der Waals surface area contributed by atoms with E-state index in [-0.39, 0.29) is 25.0 Å². The first-order valence-corrected chi connectivity index (χ1v) is 8.07. The average Bonchev–Trinajstić information content (AvgIpc) is 2.91. The van der Waals surface area contributed by atoms with Crippen molar-refractivity contribution >= 4 is 18.0 Å². The second-order valence-electron chi connectivity index (χ2n) is 5.95. The molecule has 0 aliphatic heterocycles. The van der Waals surface area contributed by atoms with Crippen LogP contribution in [0.2, 0.25) is 0 Å². The molecule has 1 aromatic heterocycles. The maximum Gasteiger partial charge on any atom is 0.407 e. The molecular formula is C17H26N2O6. The molecule has 2 amide bonds. The molecule has 1 heterocycles. The van der Waals surface area contributed by atoms with Crippen LogP contribution in [0.1, 0.15) is 42.6 Å². The van der Waals surface area contributed by atoms with Crippen LogP contribution in [0.5, 0.6) is 0 Å². The summed E-state index contributed by atoms with van der Waals surface area (Å²) in [7, 11) is 2.89. The van der Waals surface area contributed by atoms with E-state index < -0.39 is 18.1 Å². The number of nitrogens with zero attached hydrogens (tertiary/aromatic N) is 1. The van der Waals surface area contributed by atoms with Crippen molar-refractivity contribution < 1.29 is 28.3 Å². The Labute approximate surface area is 147 Å². The van der Waals surface area contributed by atoms with E-state index in [1.54, 1.807) is 27.0 Å². The largest absolute Gasteiger partial charge is 0.465 e. The number of hydrogen-bond acceptors (Lipinski definition) is 6. The van der Waals surface area contributed by atoms with Crippen LogP contribution in [0.25, 0.3) is 0 Å². The molecule has 0 spiro atoms. The van der Waals surface area contributed by atoms with E-state index in [0.29, 0.717) is 17.1 Å². The molecule has 8 heteroatoms. The lowest BCUT2D eigenvalue weighted by Crippen LogP contribution is -2.50. The van der Waals surface area contributed by atoms with Crippen LogP contribution < -0.4 is 5.32 Å². The van der Waals surface area contributed by atoms with E-state index >= 15 is 0 Å². The number of hydrogen-bond donors (Lipinski definition) is 1. The number of furan rings is 1. The third-order valence-electron chi connectivity index (χ3n) is 3.62. The van der Waals surface area contributed by atoms with Crippen molar-refractivity contribution in [2.24, 2.45) is 5.92 Å². The highest BCUT2D eigenvalue weighted by molar-refractivity contribution is 5.90. The number of nitrogens with one attached hydrogen (secondary N) is 1. The molecule has 140 valence electrons. The third kappa shape index (κ3) is 5.51. The topological polar surface area (TPSA) is 98.1 Å². The Kier molecular flexibility index (Phi) is 7.47. The van der Waals surface area contributed by atoms with Gasteiger partial charge in [0.2, 0.25) is 5.91 Å². The van der Waals surface area contributed by atoms with Gasteiger partial charge in [-0.3, -0.25) is 4.79 Å². The summed E-state index contributed by atoms with van der Waals surface area (Å²) in [6, 6.07) is 0.828. The first kappa shape index (κ1) is 20.5. The van der Waals surface area contributed by atoms with Gasteiger partial charge in [-0.15, -0.1) is 0 Å². The highest BCUT2D eigenvalue weighted by Crippen LogP contribution is 2.18. The summed E-state index contributed by atoms with van der Waals surface area (Å²) in [6.45, 7) is 7.38. The molecule has 0 saturated carbocycles. The summed E-state index contributed by atoms with van der Waals surface area (Å²) >= 11 is 0. The number of rotatable bonds is 7. The third-order valence-corrected chi connectivity index (χ3v) is 3.62. The second-order valence-corrected chi connectivity index (χ2v) is 5.95. The molecule has 0 fully saturated rings. The highest BCUT2D eigenvalue weighted by atomic mass is 16.5. The van der Waals surface area contributed by atoms with Crippen LogP contribution in [-0.2, 0) is 20.8 Å². The van der Waals surface area contributed by atoms with Gasteiger partial charge in [-0.1, -0.05) is 13.8 Å². The smallest absolute Gasteiger partial charge is 0.407 e. The fourth-order valence-corrected chi connectivity index (χ4v) is 2.30. The van der Waals surface area contributed by atoms with Crippen LogP contribution in [0, 0.1) is 12.8 Å². The lowest BCUT2D eigenvalue weighted by molar-refractivity contribution is -0.133. The van der Waals surface area contributed by atoms with Crippen LogP contribution in [0.4, 0.5) is 4.79 Å². The summed E-state index contributed by atoms with van der Waals surface area (Å²) in [4.78, 5) is 37.3. The number of amides is 2. The first-order chi connectivity index (χ1) is 11.7. The Morgan fingerprint density at radius 3 is 2.48 bits per heavy atom. The Balaban J connectivity index is 2.83. The molecular weight excluding hydrogens is 328 g/mol. The zero-order valence-electron chi connectivity index (χ0n) is 15.5. The number of carbonyl (C=O) groups excluding carboxylic acids is 3. The van der Waals surface area contributed by atoms with Crippen LogP contribution in [-0.4, -0.2) is 49.7 Å². The Bertz CT molecular complexity index is 623. The van der Waals surface area contributed by atoms with Crippen molar-refractivity contribution in [1.29, 1.82) is 0 Å². The zero-order valence-corrected chi connectivity index (χ0v) is 15.5. The molecule has 0 saturated heterocycles. The molecule has 1 N–H and O–H groups in total. The van der Waals surface area contributed by atoms with Gasteiger partial charge < -0.3 is 24.1 Å². The minimum atomic E-state index is -0.722. The Morgan fingerprint density at radius 2 is 1.96 bits per heavy atom. The second kappa shape index (κ2) is 9.10. The van der Waals surface area contributed by atoms with Gasteiger partial charge in [-0.05, 0) is 25.8 Å². The predicted molar refractivity (Wildman–Crippen MR) is 90.0 cm³/mol. The average molecular weight is 354 g/mol. The number of methoxy groups -OCH3 is 1. The van der Waals surface area contributed by atoms with Gasteiger partial charge in [0, 0.05) is 7.05 Å². The zero-order chi connectivity index (χ0) is 19.1. The van der Waals surface area contributed by atoms with Gasteiger partial charge in [0.1, 0.15) is 23.1 Å². The maximum atomic E-state index is 12.6. The van der Waals surface area contributed by atoms with Crippen molar-refractivity contribution in [2.45, 2.75) is 40.3 Å². The van der Waals surface area contributed by atoms with Crippen molar-refractivity contribution in [3.05, 3.63) is 23.2 Å². The minimum Gasteiger partial charge on any atom is -0.465 e. The molecule has 1 unspecified atom stereocenters. The van der Waals surface area contributed by atoms with Gasteiger partial charge in [0.15, 0.2) is 0 Å². The van der Waals surface area contributed by atoms with E-state index in [0.717, 1.165) is 0 Å². The normalized spacial score (nSPS) is 11.8.